The van der Waals surface area contributed by atoms with Gasteiger partial charge in [0.2, 0.25) is 0 Å². The molecule has 1 rings (SSSR count). The van der Waals surface area contributed by atoms with Crippen LogP contribution >= 0.6 is 24.0 Å². The lowest BCUT2D eigenvalue weighted by atomic mass is 10.3. The minimum absolute atomic E-state index is 0.0504. The monoisotopic (exact) mass is 226 g/mol. The van der Waals surface area contributed by atoms with E-state index in [1.165, 1.54) is 11.3 Å². The number of hydrogen-bond acceptors (Lipinski definition) is 4. The fourth-order valence-corrected chi connectivity index (χ4v) is 2.09. The van der Waals surface area contributed by atoms with Gasteiger partial charge in [0.25, 0.3) is 5.91 Å². The maximum atomic E-state index is 11.7. The van der Waals surface area contributed by atoms with Crippen molar-refractivity contribution in [2.75, 3.05) is 13.6 Å². The highest BCUT2D eigenvalue weighted by molar-refractivity contribution is 7.80. The first-order valence-corrected chi connectivity index (χ1v) is 5.37. The summed E-state index contributed by atoms with van der Waals surface area (Å²) in [6.45, 7) is 0.467. The van der Waals surface area contributed by atoms with E-state index in [1.54, 1.807) is 18.0 Å². The van der Waals surface area contributed by atoms with Gasteiger partial charge in [-0.3, -0.25) is 4.79 Å². The number of nitriles is 1. The van der Waals surface area contributed by atoms with Gasteiger partial charge in [0, 0.05) is 23.9 Å². The highest BCUT2D eigenvalue weighted by Crippen LogP contribution is 2.18. The molecule has 0 radical (unpaired) electrons. The van der Waals surface area contributed by atoms with Crippen molar-refractivity contribution in [1.29, 1.82) is 5.26 Å². The Bertz CT molecular complexity index is 367. The molecule has 1 amide bonds. The molecule has 1 heterocycles. The van der Waals surface area contributed by atoms with E-state index in [-0.39, 0.29) is 5.91 Å². The summed E-state index contributed by atoms with van der Waals surface area (Å²) in [5.41, 5.74) is 0. The van der Waals surface area contributed by atoms with E-state index in [2.05, 4.69) is 12.6 Å². The average molecular weight is 226 g/mol. The Morgan fingerprint density at radius 1 is 1.79 bits per heavy atom. The Morgan fingerprint density at radius 3 is 3.00 bits per heavy atom. The van der Waals surface area contributed by atoms with Crippen molar-refractivity contribution in [2.24, 2.45) is 0 Å². The molecule has 0 atom stereocenters. The van der Waals surface area contributed by atoms with Gasteiger partial charge < -0.3 is 4.90 Å². The third kappa shape index (κ3) is 2.76. The summed E-state index contributed by atoms with van der Waals surface area (Å²) in [5.74, 6) is -0.0504. The number of nitrogens with zero attached hydrogens (tertiary/aromatic N) is 2. The Kier molecular flexibility index (Phi) is 3.98. The molecule has 0 bridgehead atoms. The normalized spacial score (nSPS) is 9.50. The Labute approximate surface area is 92.4 Å². The van der Waals surface area contributed by atoms with Crippen LogP contribution in [-0.2, 0) is 0 Å². The summed E-state index contributed by atoms with van der Waals surface area (Å²) in [4.78, 5) is 14.7. The van der Waals surface area contributed by atoms with Crippen LogP contribution in [0.25, 0.3) is 0 Å². The fourth-order valence-electron chi connectivity index (χ4n) is 0.946. The fraction of sp³-hybridized carbons (Fsp3) is 0.333. The van der Waals surface area contributed by atoms with Gasteiger partial charge in [-0.25, -0.2) is 0 Å². The summed E-state index contributed by atoms with van der Waals surface area (Å²) in [6, 6.07) is 3.74. The van der Waals surface area contributed by atoms with Gasteiger partial charge in [0.1, 0.15) is 0 Å². The van der Waals surface area contributed by atoms with Crippen molar-refractivity contribution in [1.82, 2.24) is 4.90 Å². The number of carbonyl (C=O) groups is 1. The minimum Gasteiger partial charge on any atom is -0.340 e. The van der Waals surface area contributed by atoms with E-state index in [0.717, 1.165) is 4.90 Å². The van der Waals surface area contributed by atoms with Gasteiger partial charge in [-0.15, -0.1) is 24.0 Å². The summed E-state index contributed by atoms with van der Waals surface area (Å²) < 4.78 is 0. The highest BCUT2D eigenvalue weighted by atomic mass is 32.1. The quantitative estimate of drug-likeness (QED) is 0.801. The van der Waals surface area contributed by atoms with Crippen LogP contribution in [0, 0.1) is 11.3 Å². The first-order chi connectivity index (χ1) is 6.65. The second-order valence-electron chi connectivity index (χ2n) is 2.80. The largest absolute Gasteiger partial charge is 0.340 e. The summed E-state index contributed by atoms with van der Waals surface area (Å²) in [6.07, 6.45) is 0.362. The Hall–Kier alpha value is -0.990. The van der Waals surface area contributed by atoms with Crippen molar-refractivity contribution < 1.29 is 4.79 Å². The molecule has 0 aliphatic heterocycles. The second kappa shape index (κ2) is 5.03. The number of hydrogen-bond donors (Lipinski definition) is 1. The predicted molar refractivity (Wildman–Crippen MR) is 58.8 cm³/mol. The third-order valence-corrected chi connectivity index (χ3v) is 3.05. The number of thiol groups is 1. The number of carbonyl (C=O) groups excluding carboxylic acids is 1. The van der Waals surface area contributed by atoms with E-state index in [1.807, 2.05) is 11.4 Å². The molecule has 0 aliphatic carbocycles. The number of rotatable bonds is 3. The summed E-state index contributed by atoms with van der Waals surface area (Å²) in [7, 11) is 1.69. The molecule has 0 aromatic carbocycles. The molecule has 0 saturated heterocycles. The SMILES string of the molecule is CN(CCC#N)C(=O)c1cc(S)cs1. The molecule has 3 nitrogen and oxygen atoms in total. The van der Waals surface area contributed by atoms with Crippen LogP contribution in [0.4, 0.5) is 0 Å². The molecule has 0 fully saturated rings. The van der Waals surface area contributed by atoms with Crippen molar-refractivity contribution in [2.45, 2.75) is 11.3 Å². The molecule has 5 heteroatoms. The third-order valence-electron chi connectivity index (χ3n) is 1.70. The van der Waals surface area contributed by atoms with Crippen molar-refractivity contribution >= 4 is 29.9 Å². The van der Waals surface area contributed by atoms with E-state index >= 15 is 0 Å². The first kappa shape index (κ1) is 11.1. The van der Waals surface area contributed by atoms with Crippen LogP contribution in [0.5, 0.6) is 0 Å². The first-order valence-electron chi connectivity index (χ1n) is 4.05. The molecule has 0 unspecified atom stereocenters. The molecule has 14 heavy (non-hydrogen) atoms. The minimum atomic E-state index is -0.0504. The van der Waals surface area contributed by atoms with Gasteiger partial charge in [-0.1, -0.05) is 0 Å². The van der Waals surface area contributed by atoms with Crippen molar-refractivity contribution in [3.63, 3.8) is 0 Å². The summed E-state index contributed by atoms with van der Waals surface area (Å²) >= 11 is 5.50. The van der Waals surface area contributed by atoms with Gasteiger partial charge in [0.05, 0.1) is 17.4 Å². The molecule has 0 aliphatic rings. The zero-order chi connectivity index (χ0) is 10.6. The molecule has 0 N–H and O–H groups in total. The standard InChI is InChI=1S/C9H10N2OS2/c1-11(4-2-3-10)9(12)8-5-7(13)6-14-8/h5-6,13H,2,4H2,1H3. The van der Waals surface area contributed by atoms with Gasteiger partial charge in [-0.05, 0) is 6.07 Å². The second-order valence-corrected chi connectivity index (χ2v) is 4.23. The lowest BCUT2D eigenvalue weighted by Gasteiger charge is -2.13. The Morgan fingerprint density at radius 2 is 2.50 bits per heavy atom. The smallest absolute Gasteiger partial charge is 0.263 e. The molecule has 1 aromatic rings. The number of amides is 1. The van der Waals surface area contributed by atoms with Crippen molar-refractivity contribution in [3.8, 4) is 6.07 Å². The van der Waals surface area contributed by atoms with Gasteiger partial charge in [0.15, 0.2) is 0 Å². The predicted octanol–water partition coefficient (Wildman–Crippen LogP) is 2.02. The van der Waals surface area contributed by atoms with Crippen LogP contribution in [0.2, 0.25) is 0 Å². The zero-order valence-corrected chi connectivity index (χ0v) is 9.44. The number of thiophene rings is 1. The van der Waals surface area contributed by atoms with Gasteiger partial charge >= 0.3 is 0 Å². The van der Waals surface area contributed by atoms with Crippen LogP contribution < -0.4 is 0 Å². The van der Waals surface area contributed by atoms with Crippen LogP contribution in [-0.4, -0.2) is 24.4 Å². The molecule has 1 aromatic heterocycles. The Balaban J connectivity index is 2.62. The van der Waals surface area contributed by atoms with E-state index in [9.17, 15) is 4.79 Å². The van der Waals surface area contributed by atoms with Crippen LogP contribution in [0.3, 0.4) is 0 Å². The highest BCUT2D eigenvalue weighted by Gasteiger charge is 2.12. The maximum Gasteiger partial charge on any atom is 0.263 e. The van der Waals surface area contributed by atoms with Gasteiger partial charge in [-0.2, -0.15) is 5.26 Å². The topological polar surface area (TPSA) is 44.1 Å². The van der Waals surface area contributed by atoms with E-state index in [4.69, 9.17) is 5.26 Å². The molecule has 0 spiro atoms. The molecular formula is C9H10N2OS2. The maximum absolute atomic E-state index is 11.7. The van der Waals surface area contributed by atoms with Crippen LogP contribution in [0.1, 0.15) is 16.1 Å². The molecule has 0 saturated carbocycles. The van der Waals surface area contributed by atoms with Crippen molar-refractivity contribution in [3.05, 3.63) is 16.3 Å². The molecular weight excluding hydrogens is 216 g/mol. The van der Waals surface area contributed by atoms with Crippen LogP contribution in [0.15, 0.2) is 16.3 Å². The van der Waals surface area contributed by atoms with E-state index in [0.29, 0.717) is 17.8 Å². The molecule has 74 valence electrons. The summed E-state index contributed by atoms with van der Waals surface area (Å²) in [5, 5.41) is 10.2. The lowest BCUT2D eigenvalue weighted by molar-refractivity contribution is 0.0802. The van der Waals surface area contributed by atoms with E-state index < -0.39 is 0 Å². The lowest BCUT2D eigenvalue weighted by Crippen LogP contribution is -2.26. The average Bonchev–Trinajstić information content (AvgIpc) is 2.60. The zero-order valence-electron chi connectivity index (χ0n) is 7.73.